The van der Waals surface area contributed by atoms with Crippen molar-refractivity contribution in [2.45, 2.75) is 6.92 Å². The summed E-state index contributed by atoms with van der Waals surface area (Å²) in [7, 11) is 0. The third-order valence-corrected chi connectivity index (χ3v) is 4.56. The molecular weight excluding hydrogens is 434 g/mol. The van der Waals surface area contributed by atoms with E-state index in [0.717, 1.165) is 31.3 Å². The predicted octanol–water partition coefficient (Wildman–Crippen LogP) is 5.55. The molecule has 6 heteroatoms. The number of hydrogen-bond acceptors (Lipinski definition) is 3. The van der Waals surface area contributed by atoms with Gasteiger partial charge in [-0.25, -0.2) is 4.98 Å². The van der Waals surface area contributed by atoms with Gasteiger partial charge in [-0.2, -0.15) is 5.26 Å². The summed E-state index contributed by atoms with van der Waals surface area (Å²) in [5, 5.41) is 9.52. The van der Waals surface area contributed by atoms with Gasteiger partial charge in [-0.15, -0.1) is 0 Å². The molecule has 3 rings (SSSR count). The van der Waals surface area contributed by atoms with Gasteiger partial charge in [-0.05, 0) is 74.7 Å². The van der Waals surface area contributed by atoms with Crippen molar-refractivity contribution >= 4 is 54.5 Å². The maximum Gasteiger partial charge on any atom is 0.149 e. The lowest BCUT2D eigenvalue weighted by atomic mass is 10.1. The van der Waals surface area contributed by atoms with Gasteiger partial charge in [0.15, 0.2) is 0 Å². The monoisotopic (exact) mass is 445 g/mol. The number of nitriles is 1. The Hall–Kier alpha value is -2.10. The van der Waals surface area contributed by atoms with E-state index >= 15 is 0 Å². The van der Waals surface area contributed by atoms with Crippen LogP contribution in [0.4, 0.5) is 0 Å². The normalized spacial score (nSPS) is 11.5. The number of H-pyrrole nitrogens is 1. The summed E-state index contributed by atoms with van der Waals surface area (Å²) >= 11 is 7.01. The van der Waals surface area contributed by atoms with Crippen LogP contribution in [0.25, 0.3) is 22.7 Å². The first kappa shape index (κ1) is 16.7. The molecule has 4 nitrogen and oxygen atoms in total. The number of ether oxygens (including phenoxy) is 1. The first-order chi connectivity index (χ1) is 11.6. The molecule has 0 aliphatic heterocycles. The summed E-state index contributed by atoms with van der Waals surface area (Å²) in [6, 6.07) is 13.7. The van der Waals surface area contributed by atoms with Crippen molar-refractivity contribution < 1.29 is 4.74 Å². The zero-order valence-corrected chi connectivity index (χ0v) is 16.0. The van der Waals surface area contributed by atoms with Gasteiger partial charge in [0.1, 0.15) is 17.6 Å². The van der Waals surface area contributed by atoms with E-state index in [1.807, 2.05) is 43.3 Å². The molecule has 0 amide bonds. The number of benzene rings is 2. The van der Waals surface area contributed by atoms with Crippen molar-refractivity contribution in [3.8, 4) is 11.8 Å². The van der Waals surface area contributed by atoms with Gasteiger partial charge in [-0.1, -0.05) is 12.1 Å². The van der Waals surface area contributed by atoms with Crippen molar-refractivity contribution in [1.82, 2.24) is 9.97 Å². The molecule has 24 heavy (non-hydrogen) atoms. The molecule has 120 valence electrons. The standard InChI is InChI=1S/C18H13Br2N3O/c1-2-24-17-13(19)8-11(9-14(17)20)7-12(10-21)18-22-15-5-3-4-6-16(15)23-18/h3-9H,2H2,1H3,(H,22,23)/b12-7-. The fourth-order valence-electron chi connectivity index (χ4n) is 2.35. The van der Waals surface area contributed by atoms with Crippen molar-refractivity contribution in [2.75, 3.05) is 6.61 Å². The summed E-state index contributed by atoms with van der Waals surface area (Å²) in [4.78, 5) is 7.66. The highest BCUT2D eigenvalue weighted by Crippen LogP contribution is 2.35. The number of hydrogen-bond donors (Lipinski definition) is 1. The van der Waals surface area contributed by atoms with Gasteiger partial charge in [0.2, 0.25) is 0 Å². The van der Waals surface area contributed by atoms with Crippen LogP contribution in [-0.4, -0.2) is 16.6 Å². The van der Waals surface area contributed by atoms with E-state index in [0.29, 0.717) is 18.0 Å². The Labute approximate surface area is 156 Å². The maximum absolute atomic E-state index is 9.52. The molecule has 0 aliphatic rings. The molecule has 0 unspecified atom stereocenters. The van der Waals surface area contributed by atoms with Crippen molar-refractivity contribution in [1.29, 1.82) is 5.26 Å². The Balaban J connectivity index is 2.03. The largest absolute Gasteiger partial charge is 0.492 e. The Morgan fingerprint density at radius 3 is 2.62 bits per heavy atom. The van der Waals surface area contributed by atoms with Crippen LogP contribution >= 0.6 is 31.9 Å². The molecule has 3 aromatic rings. The number of aromatic nitrogens is 2. The average molecular weight is 447 g/mol. The molecule has 0 bridgehead atoms. The Morgan fingerprint density at radius 1 is 1.29 bits per heavy atom. The van der Waals surface area contributed by atoms with Crippen LogP contribution in [0.2, 0.25) is 0 Å². The average Bonchev–Trinajstić information content (AvgIpc) is 2.99. The number of rotatable bonds is 4. The minimum Gasteiger partial charge on any atom is -0.492 e. The minimum atomic E-state index is 0.467. The maximum atomic E-state index is 9.52. The number of halogens is 2. The van der Waals surface area contributed by atoms with Gasteiger partial charge in [0, 0.05) is 0 Å². The molecule has 0 radical (unpaired) electrons. The molecule has 1 aromatic heterocycles. The zero-order valence-electron chi connectivity index (χ0n) is 12.8. The summed E-state index contributed by atoms with van der Waals surface area (Å²) in [5.41, 5.74) is 3.08. The topological polar surface area (TPSA) is 61.7 Å². The molecule has 1 heterocycles. The Morgan fingerprint density at radius 2 is 2.00 bits per heavy atom. The number of aromatic amines is 1. The first-order valence-corrected chi connectivity index (χ1v) is 8.89. The molecular formula is C18H13Br2N3O. The second kappa shape index (κ2) is 7.20. The third kappa shape index (κ3) is 3.37. The van der Waals surface area contributed by atoms with E-state index in [1.165, 1.54) is 0 Å². The molecule has 0 atom stereocenters. The summed E-state index contributed by atoms with van der Waals surface area (Å²) < 4.78 is 7.23. The Kier molecular flexibility index (Phi) is 5.03. The van der Waals surface area contributed by atoms with Gasteiger partial charge < -0.3 is 9.72 Å². The fourth-order valence-corrected chi connectivity index (χ4v) is 3.80. The van der Waals surface area contributed by atoms with Crippen molar-refractivity contribution in [3.05, 3.63) is 56.7 Å². The van der Waals surface area contributed by atoms with Gasteiger partial charge in [0.05, 0.1) is 32.2 Å². The van der Waals surface area contributed by atoms with E-state index in [9.17, 15) is 5.26 Å². The van der Waals surface area contributed by atoms with Crippen LogP contribution in [0.15, 0.2) is 45.3 Å². The second-order valence-electron chi connectivity index (χ2n) is 5.02. The predicted molar refractivity (Wildman–Crippen MR) is 103 cm³/mol. The fraction of sp³-hybridized carbons (Fsp3) is 0.111. The zero-order chi connectivity index (χ0) is 17.1. The highest BCUT2D eigenvalue weighted by atomic mass is 79.9. The highest BCUT2D eigenvalue weighted by molar-refractivity contribution is 9.11. The quantitative estimate of drug-likeness (QED) is 0.534. The van der Waals surface area contributed by atoms with Crippen LogP contribution < -0.4 is 4.74 Å². The lowest BCUT2D eigenvalue weighted by Crippen LogP contribution is -1.94. The molecule has 2 aromatic carbocycles. The smallest absolute Gasteiger partial charge is 0.149 e. The number of nitrogens with zero attached hydrogens (tertiary/aromatic N) is 2. The van der Waals surface area contributed by atoms with Crippen LogP contribution in [0.3, 0.4) is 0 Å². The molecule has 1 N–H and O–H groups in total. The summed E-state index contributed by atoms with van der Waals surface area (Å²) in [5.74, 6) is 1.30. The SMILES string of the molecule is CCOc1c(Br)cc(/C=C(/C#N)c2nc3ccccc3[nH]2)cc1Br. The molecule has 0 saturated heterocycles. The lowest BCUT2D eigenvalue weighted by Gasteiger charge is -2.09. The van der Waals surface area contributed by atoms with Gasteiger partial charge in [-0.3, -0.25) is 0 Å². The van der Waals surface area contributed by atoms with E-state index in [1.54, 1.807) is 6.08 Å². The van der Waals surface area contributed by atoms with E-state index < -0.39 is 0 Å². The third-order valence-electron chi connectivity index (χ3n) is 3.39. The number of imidazole rings is 1. The first-order valence-electron chi connectivity index (χ1n) is 7.31. The van der Waals surface area contributed by atoms with Crippen molar-refractivity contribution in [2.24, 2.45) is 0 Å². The number of nitrogens with one attached hydrogen (secondary N) is 1. The van der Waals surface area contributed by atoms with Crippen molar-refractivity contribution in [3.63, 3.8) is 0 Å². The van der Waals surface area contributed by atoms with E-state index in [-0.39, 0.29) is 0 Å². The highest BCUT2D eigenvalue weighted by Gasteiger charge is 2.11. The number of allylic oxidation sites excluding steroid dienone is 1. The molecule has 0 fully saturated rings. The van der Waals surface area contributed by atoms with Crippen LogP contribution in [0.1, 0.15) is 18.3 Å². The molecule has 0 saturated carbocycles. The molecule has 0 spiro atoms. The second-order valence-corrected chi connectivity index (χ2v) is 6.73. The van der Waals surface area contributed by atoms with Crippen LogP contribution in [0, 0.1) is 11.3 Å². The van der Waals surface area contributed by atoms with Crippen LogP contribution in [0.5, 0.6) is 5.75 Å². The number of fused-ring (bicyclic) bond motifs is 1. The van der Waals surface area contributed by atoms with Crippen LogP contribution in [-0.2, 0) is 0 Å². The van der Waals surface area contributed by atoms with Gasteiger partial charge in [0.25, 0.3) is 0 Å². The summed E-state index contributed by atoms with van der Waals surface area (Å²) in [6.45, 7) is 2.51. The number of para-hydroxylation sites is 2. The van der Waals surface area contributed by atoms with Gasteiger partial charge >= 0.3 is 0 Å². The minimum absolute atomic E-state index is 0.467. The van der Waals surface area contributed by atoms with E-state index in [4.69, 9.17) is 4.74 Å². The lowest BCUT2D eigenvalue weighted by molar-refractivity contribution is 0.336. The Bertz CT molecular complexity index is 914. The molecule has 0 aliphatic carbocycles. The van der Waals surface area contributed by atoms with E-state index in [2.05, 4.69) is 47.9 Å². The summed E-state index contributed by atoms with van der Waals surface area (Å²) in [6.07, 6.45) is 1.79.